The molecule has 2 aromatic heterocycles. The molecule has 0 saturated carbocycles. The van der Waals surface area contributed by atoms with Crippen molar-refractivity contribution in [2.24, 2.45) is 0 Å². The van der Waals surface area contributed by atoms with Crippen LogP contribution in [0.25, 0.3) is 21.6 Å². The average molecular weight is 442 g/mol. The molecule has 0 spiro atoms. The molecule has 0 radical (unpaired) electrons. The van der Waals surface area contributed by atoms with Crippen LogP contribution in [0, 0.1) is 5.82 Å². The molecule has 5 rings (SSSR count). The molecule has 1 fully saturated rings. The highest BCUT2D eigenvalue weighted by Crippen LogP contribution is 2.47. The van der Waals surface area contributed by atoms with Gasteiger partial charge in [-0.15, -0.1) is 0 Å². The molecule has 0 amide bonds. The largest absolute Gasteiger partial charge is 0.486 e. The second-order valence-electron chi connectivity index (χ2n) is 9.94. The number of thiazole rings is 1. The van der Waals surface area contributed by atoms with Gasteiger partial charge in [-0.25, -0.2) is 9.37 Å². The number of piperidine rings is 1. The lowest BCUT2D eigenvalue weighted by Crippen LogP contribution is -2.61. The van der Waals surface area contributed by atoms with Gasteiger partial charge in [0, 0.05) is 35.9 Å². The lowest BCUT2D eigenvalue weighted by atomic mass is 9.79. The minimum Gasteiger partial charge on any atom is -0.486 e. The number of rotatable bonds is 3. The van der Waals surface area contributed by atoms with Crippen LogP contribution >= 0.6 is 11.3 Å². The zero-order valence-corrected chi connectivity index (χ0v) is 19.4. The molecule has 0 atom stereocenters. The summed E-state index contributed by atoms with van der Waals surface area (Å²) in [7, 11) is 2.10. The standard InChI is InChI=1S/C23H28FN5OS/c1-22(2)8-15(9-23(3,4)28-22)29(5)21-27-17-12-30-18-7-13(14-10-25-26-11-14)6-16(24)19(18)20(17)31-21/h6-7,10-11,15,28H,8-9,12H2,1-5H3,(H,25,26). The summed E-state index contributed by atoms with van der Waals surface area (Å²) in [4.78, 5) is 7.99. The lowest BCUT2D eigenvalue weighted by molar-refractivity contribution is 0.161. The highest BCUT2D eigenvalue weighted by molar-refractivity contribution is 7.19. The molecule has 1 saturated heterocycles. The van der Waals surface area contributed by atoms with Crippen molar-refractivity contribution in [3.63, 3.8) is 0 Å². The molecule has 164 valence electrons. The second kappa shape index (κ2) is 7.03. The molecular weight excluding hydrogens is 413 g/mol. The number of benzene rings is 1. The summed E-state index contributed by atoms with van der Waals surface area (Å²) in [6, 6.07) is 3.78. The van der Waals surface area contributed by atoms with Gasteiger partial charge in [0.25, 0.3) is 0 Å². The number of hydrogen-bond donors (Lipinski definition) is 2. The Labute approximate surface area is 185 Å². The highest BCUT2D eigenvalue weighted by atomic mass is 32.1. The predicted octanol–water partition coefficient (Wildman–Crippen LogP) is 4.98. The van der Waals surface area contributed by atoms with Crippen LogP contribution in [0.15, 0.2) is 24.5 Å². The van der Waals surface area contributed by atoms with Gasteiger partial charge >= 0.3 is 0 Å². The number of nitrogens with one attached hydrogen (secondary N) is 2. The van der Waals surface area contributed by atoms with Crippen molar-refractivity contribution >= 4 is 16.5 Å². The molecule has 4 heterocycles. The molecule has 31 heavy (non-hydrogen) atoms. The topological polar surface area (TPSA) is 66.1 Å². The molecule has 0 unspecified atom stereocenters. The van der Waals surface area contributed by atoms with Gasteiger partial charge in [0.15, 0.2) is 5.13 Å². The summed E-state index contributed by atoms with van der Waals surface area (Å²) in [5.41, 5.74) is 2.98. The van der Waals surface area contributed by atoms with E-state index in [1.165, 1.54) is 0 Å². The van der Waals surface area contributed by atoms with Crippen LogP contribution in [-0.4, -0.2) is 39.3 Å². The highest BCUT2D eigenvalue weighted by Gasteiger charge is 2.40. The number of hydrogen-bond acceptors (Lipinski definition) is 6. The Bertz CT molecular complexity index is 1110. The van der Waals surface area contributed by atoms with Gasteiger partial charge in [0.2, 0.25) is 0 Å². The maximum absolute atomic E-state index is 15.2. The van der Waals surface area contributed by atoms with E-state index in [2.05, 4.69) is 55.2 Å². The van der Waals surface area contributed by atoms with E-state index in [1.807, 2.05) is 6.07 Å². The molecule has 2 N–H and O–H groups in total. The van der Waals surface area contributed by atoms with Crippen molar-refractivity contribution in [1.82, 2.24) is 20.5 Å². The first kappa shape index (κ1) is 20.5. The Morgan fingerprint density at radius 3 is 2.58 bits per heavy atom. The van der Waals surface area contributed by atoms with Crippen LogP contribution in [0.1, 0.15) is 46.2 Å². The van der Waals surface area contributed by atoms with Crippen LogP contribution in [0.4, 0.5) is 9.52 Å². The maximum atomic E-state index is 15.2. The van der Waals surface area contributed by atoms with Gasteiger partial charge in [-0.3, -0.25) is 5.10 Å². The first-order valence-corrected chi connectivity index (χ1v) is 11.4. The third-order valence-electron chi connectivity index (χ3n) is 6.18. The number of halogens is 1. The zero-order chi connectivity index (χ0) is 22.0. The molecule has 2 aliphatic rings. The summed E-state index contributed by atoms with van der Waals surface area (Å²) < 4.78 is 21.1. The second-order valence-corrected chi connectivity index (χ2v) is 10.9. The van der Waals surface area contributed by atoms with Crippen molar-refractivity contribution in [2.75, 3.05) is 11.9 Å². The molecule has 1 aromatic carbocycles. The number of anilines is 1. The molecule has 0 aliphatic carbocycles. The Morgan fingerprint density at radius 2 is 1.90 bits per heavy atom. The van der Waals surface area contributed by atoms with Crippen LogP contribution < -0.4 is 15.0 Å². The fourth-order valence-corrected chi connectivity index (χ4v) is 6.27. The van der Waals surface area contributed by atoms with Gasteiger partial charge in [-0.05, 0) is 58.2 Å². The van der Waals surface area contributed by atoms with Crippen LogP contribution in [0.3, 0.4) is 0 Å². The number of nitrogens with zero attached hydrogens (tertiary/aromatic N) is 3. The van der Waals surface area contributed by atoms with Crippen LogP contribution in [-0.2, 0) is 6.61 Å². The van der Waals surface area contributed by atoms with E-state index in [1.54, 1.807) is 29.8 Å². The summed E-state index contributed by atoms with van der Waals surface area (Å²) in [5, 5.41) is 11.4. The third kappa shape index (κ3) is 3.72. The van der Waals surface area contributed by atoms with E-state index in [4.69, 9.17) is 9.72 Å². The monoisotopic (exact) mass is 441 g/mol. The zero-order valence-electron chi connectivity index (χ0n) is 18.5. The average Bonchev–Trinajstić information content (AvgIpc) is 3.34. The minimum atomic E-state index is -0.295. The maximum Gasteiger partial charge on any atom is 0.186 e. The normalized spacial score (nSPS) is 19.4. The lowest BCUT2D eigenvalue weighted by Gasteiger charge is -2.48. The molecule has 2 aliphatic heterocycles. The first-order chi connectivity index (χ1) is 14.6. The fourth-order valence-electron chi connectivity index (χ4n) is 5.12. The van der Waals surface area contributed by atoms with Gasteiger partial charge in [0.05, 0.1) is 22.3 Å². The van der Waals surface area contributed by atoms with E-state index in [9.17, 15) is 0 Å². The van der Waals surface area contributed by atoms with Gasteiger partial charge in [-0.2, -0.15) is 5.10 Å². The number of aromatic nitrogens is 3. The van der Waals surface area contributed by atoms with Crippen LogP contribution in [0.5, 0.6) is 5.75 Å². The number of ether oxygens (including phenoxy) is 1. The molecule has 3 aromatic rings. The first-order valence-electron chi connectivity index (χ1n) is 10.6. The molecular formula is C23H28FN5OS. The minimum absolute atomic E-state index is 0.0445. The number of H-pyrrole nitrogens is 1. The van der Waals surface area contributed by atoms with Crippen LogP contribution in [0.2, 0.25) is 0 Å². The fraction of sp³-hybridized carbons (Fsp3) is 0.478. The van der Waals surface area contributed by atoms with Crippen molar-refractivity contribution in [1.29, 1.82) is 0 Å². The molecule has 0 bridgehead atoms. The van der Waals surface area contributed by atoms with E-state index in [0.717, 1.165) is 39.7 Å². The number of aromatic amines is 1. The summed E-state index contributed by atoms with van der Waals surface area (Å²) >= 11 is 1.55. The van der Waals surface area contributed by atoms with E-state index in [-0.39, 0.29) is 16.9 Å². The van der Waals surface area contributed by atoms with Gasteiger partial charge in [-0.1, -0.05) is 11.3 Å². The summed E-state index contributed by atoms with van der Waals surface area (Å²) in [6.07, 6.45) is 5.47. The SMILES string of the molecule is CN(c1nc2c(s1)-c1c(F)cc(-c3cn[nH]c3)cc1OC2)C1CC(C)(C)NC(C)(C)C1. The van der Waals surface area contributed by atoms with Crippen molar-refractivity contribution in [2.45, 2.75) is 64.3 Å². The predicted molar refractivity (Wildman–Crippen MR) is 122 cm³/mol. The third-order valence-corrected chi connectivity index (χ3v) is 7.39. The van der Waals surface area contributed by atoms with Gasteiger partial charge in [0.1, 0.15) is 18.2 Å². The summed E-state index contributed by atoms with van der Waals surface area (Å²) in [5.74, 6) is 0.266. The smallest absolute Gasteiger partial charge is 0.186 e. The number of fused-ring (bicyclic) bond motifs is 3. The molecule has 8 heteroatoms. The molecule has 6 nitrogen and oxygen atoms in total. The summed E-state index contributed by atoms with van der Waals surface area (Å²) in [6.45, 7) is 9.35. The van der Waals surface area contributed by atoms with Gasteiger partial charge < -0.3 is 15.0 Å². The Hall–Kier alpha value is -2.45. The van der Waals surface area contributed by atoms with Crippen molar-refractivity contribution < 1.29 is 9.13 Å². The Kier molecular flexibility index (Phi) is 4.64. The van der Waals surface area contributed by atoms with E-state index in [0.29, 0.717) is 24.0 Å². The van der Waals surface area contributed by atoms with Crippen molar-refractivity contribution in [3.8, 4) is 27.3 Å². The van der Waals surface area contributed by atoms with E-state index < -0.39 is 0 Å². The quantitative estimate of drug-likeness (QED) is 0.600. The van der Waals surface area contributed by atoms with Crippen molar-refractivity contribution in [3.05, 3.63) is 36.0 Å². The Balaban J connectivity index is 1.49. The Morgan fingerprint density at radius 1 is 1.16 bits per heavy atom. The van der Waals surface area contributed by atoms with E-state index >= 15 is 4.39 Å².